The molecule has 0 aromatic heterocycles. The first-order chi connectivity index (χ1) is 9.28. The third-order valence-corrected chi connectivity index (χ3v) is 2.90. The van der Waals surface area contributed by atoms with Gasteiger partial charge in [-0.3, -0.25) is 9.35 Å². The summed E-state index contributed by atoms with van der Waals surface area (Å²) in [7, 11) is -5.85. The second kappa shape index (κ2) is 5.18. The normalized spacial score (nSPS) is 12.4. The first-order valence-corrected chi connectivity index (χ1v) is 6.16. The van der Waals surface area contributed by atoms with Crippen molar-refractivity contribution in [3.05, 3.63) is 23.0 Å². The van der Waals surface area contributed by atoms with Crippen LogP contribution >= 0.6 is 0 Å². The highest BCUT2D eigenvalue weighted by Crippen LogP contribution is 2.43. The Labute approximate surface area is 112 Å². The van der Waals surface area contributed by atoms with Gasteiger partial charge < -0.3 is 4.74 Å². The van der Waals surface area contributed by atoms with Gasteiger partial charge in [-0.15, -0.1) is 0 Å². The van der Waals surface area contributed by atoms with E-state index in [9.17, 15) is 39.6 Å². The molecule has 1 aromatic carbocycles. The second-order valence-corrected chi connectivity index (χ2v) is 4.90. The average Bonchev–Trinajstić information content (AvgIpc) is 2.20. The first kappa shape index (κ1) is 17.2. The van der Waals surface area contributed by atoms with Crippen LogP contribution in [0.2, 0.25) is 0 Å². The molecule has 0 spiro atoms. The van der Waals surface area contributed by atoms with E-state index in [4.69, 9.17) is 4.55 Å². The average molecular weight is 338 g/mol. The predicted molar refractivity (Wildman–Crippen MR) is 52.4 cm³/mol. The summed E-state index contributed by atoms with van der Waals surface area (Å²) >= 11 is 0. The van der Waals surface area contributed by atoms with Crippen LogP contribution in [-0.2, 0) is 21.1 Å². The standard InChI is InChI=1S/C9H4F6O5S/c1-2(16)20-7-3(9(13,14)15)4(10)8(21(17,18)19)6(12)5(7)11/h1H3,(H,17,18,19). The highest BCUT2D eigenvalue weighted by Gasteiger charge is 2.45. The molecule has 12 heteroatoms. The van der Waals surface area contributed by atoms with Crippen molar-refractivity contribution in [1.29, 1.82) is 0 Å². The first-order valence-electron chi connectivity index (χ1n) is 4.72. The molecule has 118 valence electrons. The van der Waals surface area contributed by atoms with E-state index in [1.54, 1.807) is 0 Å². The summed E-state index contributed by atoms with van der Waals surface area (Å²) in [6.45, 7) is 0.520. The van der Waals surface area contributed by atoms with Gasteiger partial charge in [0.2, 0.25) is 5.82 Å². The number of benzene rings is 1. The highest BCUT2D eigenvalue weighted by molar-refractivity contribution is 7.85. The van der Waals surface area contributed by atoms with Gasteiger partial charge in [-0.25, -0.2) is 8.78 Å². The van der Waals surface area contributed by atoms with Crippen LogP contribution in [0.4, 0.5) is 26.3 Å². The van der Waals surface area contributed by atoms with E-state index >= 15 is 0 Å². The van der Waals surface area contributed by atoms with Crippen LogP contribution in [-0.4, -0.2) is 18.9 Å². The molecule has 0 aliphatic rings. The molecular formula is C9H4F6O5S. The van der Waals surface area contributed by atoms with Gasteiger partial charge >= 0.3 is 22.3 Å². The number of esters is 1. The maximum atomic E-state index is 13.6. The van der Waals surface area contributed by atoms with E-state index in [1.807, 2.05) is 0 Å². The summed E-state index contributed by atoms with van der Waals surface area (Å²) in [6, 6.07) is 0. The van der Waals surface area contributed by atoms with Crippen molar-refractivity contribution >= 4 is 16.1 Å². The number of carbonyl (C=O) groups is 1. The van der Waals surface area contributed by atoms with Crippen LogP contribution in [0.25, 0.3) is 0 Å². The van der Waals surface area contributed by atoms with Crippen LogP contribution in [0.1, 0.15) is 12.5 Å². The summed E-state index contributed by atoms with van der Waals surface area (Å²) < 4.78 is 112. The molecule has 0 unspecified atom stereocenters. The van der Waals surface area contributed by atoms with E-state index in [0.29, 0.717) is 6.92 Å². The van der Waals surface area contributed by atoms with Crippen LogP contribution in [0.3, 0.4) is 0 Å². The Hall–Kier alpha value is -1.82. The third-order valence-electron chi connectivity index (χ3n) is 2.02. The maximum Gasteiger partial charge on any atom is 0.422 e. The molecule has 0 fully saturated rings. The topological polar surface area (TPSA) is 80.7 Å². The van der Waals surface area contributed by atoms with Crippen LogP contribution < -0.4 is 4.74 Å². The lowest BCUT2D eigenvalue weighted by Gasteiger charge is -2.16. The Morgan fingerprint density at radius 1 is 1.10 bits per heavy atom. The van der Waals surface area contributed by atoms with Crippen molar-refractivity contribution in [2.24, 2.45) is 0 Å². The van der Waals surface area contributed by atoms with Crippen molar-refractivity contribution in [2.45, 2.75) is 18.0 Å². The minimum atomic E-state index is -5.85. The molecule has 1 aromatic rings. The molecule has 0 saturated heterocycles. The van der Waals surface area contributed by atoms with Gasteiger partial charge in [-0.1, -0.05) is 0 Å². The summed E-state index contributed by atoms with van der Waals surface area (Å²) in [5, 5.41) is 0. The maximum absolute atomic E-state index is 13.6. The number of hydrogen-bond donors (Lipinski definition) is 1. The Bertz CT molecular complexity index is 709. The predicted octanol–water partition coefficient (Wildman–Crippen LogP) is 2.29. The molecule has 0 saturated carbocycles. The number of rotatable bonds is 2. The minimum absolute atomic E-state index is 0.520. The quantitative estimate of drug-likeness (QED) is 0.294. The molecular weight excluding hydrogens is 334 g/mol. The Morgan fingerprint density at radius 3 is 1.90 bits per heavy atom. The fourth-order valence-corrected chi connectivity index (χ4v) is 1.98. The Kier molecular flexibility index (Phi) is 4.25. The molecule has 0 bridgehead atoms. The zero-order chi connectivity index (χ0) is 16.7. The molecule has 1 rings (SSSR count). The third kappa shape index (κ3) is 3.26. The molecule has 0 amide bonds. The summed E-state index contributed by atoms with van der Waals surface area (Å²) in [6.07, 6.45) is -5.73. The van der Waals surface area contributed by atoms with Crippen LogP contribution in [0, 0.1) is 17.5 Å². The van der Waals surface area contributed by atoms with Gasteiger partial charge in [0.25, 0.3) is 0 Å². The van der Waals surface area contributed by atoms with E-state index in [1.165, 1.54) is 0 Å². The highest BCUT2D eigenvalue weighted by atomic mass is 32.2. The number of alkyl halides is 3. The van der Waals surface area contributed by atoms with Gasteiger partial charge in [-0.05, 0) is 0 Å². The molecule has 5 nitrogen and oxygen atoms in total. The van der Waals surface area contributed by atoms with Crippen molar-refractivity contribution in [3.8, 4) is 5.75 Å². The largest absolute Gasteiger partial charge is 0.423 e. The number of halogens is 6. The van der Waals surface area contributed by atoms with Gasteiger partial charge in [-0.2, -0.15) is 26.0 Å². The Balaban J connectivity index is 3.98. The second-order valence-electron chi connectivity index (χ2n) is 3.54. The Morgan fingerprint density at radius 2 is 1.57 bits per heavy atom. The molecule has 0 heterocycles. The summed E-state index contributed by atoms with van der Waals surface area (Å²) in [5.41, 5.74) is -2.68. The fraction of sp³-hybridized carbons (Fsp3) is 0.222. The van der Waals surface area contributed by atoms with E-state index in [2.05, 4.69) is 4.74 Å². The lowest BCUT2D eigenvalue weighted by molar-refractivity contribution is -0.144. The molecule has 0 aliphatic heterocycles. The molecule has 0 radical (unpaired) electrons. The number of hydrogen-bond acceptors (Lipinski definition) is 4. The zero-order valence-electron chi connectivity index (χ0n) is 9.76. The molecule has 0 atom stereocenters. The lowest BCUT2D eigenvalue weighted by atomic mass is 10.1. The van der Waals surface area contributed by atoms with E-state index < -0.39 is 55.9 Å². The van der Waals surface area contributed by atoms with Gasteiger partial charge in [0.15, 0.2) is 22.3 Å². The van der Waals surface area contributed by atoms with Crippen molar-refractivity contribution in [1.82, 2.24) is 0 Å². The molecule has 21 heavy (non-hydrogen) atoms. The van der Waals surface area contributed by atoms with Crippen molar-refractivity contribution < 1.29 is 48.8 Å². The summed E-state index contributed by atoms with van der Waals surface area (Å²) in [5.74, 6) is -11.8. The minimum Gasteiger partial charge on any atom is -0.423 e. The van der Waals surface area contributed by atoms with E-state index in [0.717, 1.165) is 0 Å². The van der Waals surface area contributed by atoms with Gasteiger partial charge in [0, 0.05) is 6.92 Å². The lowest BCUT2D eigenvalue weighted by Crippen LogP contribution is -2.20. The summed E-state index contributed by atoms with van der Waals surface area (Å²) in [4.78, 5) is 8.04. The zero-order valence-corrected chi connectivity index (χ0v) is 10.6. The number of carbonyl (C=O) groups excluding carboxylic acids is 1. The monoisotopic (exact) mass is 338 g/mol. The van der Waals surface area contributed by atoms with Gasteiger partial charge in [0.1, 0.15) is 5.56 Å². The van der Waals surface area contributed by atoms with E-state index in [-0.39, 0.29) is 0 Å². The van der Waals surface area contributed by atoms with Crippen LogP contribution in [0.5, 0.6) is 5.75 Å². The fourth-order valence-electron chi connectivity index (χ4n) is 1.34. The van der Waals surface area contributed by atoms with Crippen molar-refractivity contribution in [2.75, 3.05) is 0 Å². The van der Waals surface area contributed by atoms with Crippen molar-refractivity contribution in [3.63, 3.8) is 0 Å². The SMILES string of the molecule is CC(=O)Oc1c(F)c(F)c(S(=O)(=O)O)c(F)c1C(F)(F)F. The van der Waals surface area contributed by atoms with Crippen LogP contribution in [0.15, 0.2) is 4.90 Å². The van der Waals surface area contributed by atoms with Gasteiger partial charge in [0.05, 0.1) is 0 Å². The molecule has 0 aliphatic carbocycles. The number of ether oxygens (including phenoxy) is 1. The smallest absolute Gasteiger partial charge is 0.422 e. The molecule has 1 N–H and O–H groups in total.